The van der Waals surface area contributed by atoms with E-state index in [0.29, 0.717) is 16.9 Å². The number of halogens is 2. The van der Waals surface area contributed by atoms with Gasteiger partial charge in [-0.3, -0.25) is 9.59 Å². The normalized spacial score (nSPS) is 14.9. The van der Waals surface area contributed by atoms with E-state index in [2.05, 4.69) is 15.6 Å². The van der Waals surface area contributed by atoms with Crippen LogP contribution in [0.1, 0.15) is 41.2 Å². The lowest BCUT2D eigenvalue weighted by molar-refractivity contribution is -0.115. The zero-order valence-corrected chi connectivity index (χ0v) is 13.4. The van der Waals surface area contributed by atoms with Gasteiger partial charge in [0.1, 0.15) is 9.71 Å². The third-order valence-corrected chi connectivity index (χ3v) is 4.56. The van der Waals surface area contributed by atoms with Crippen molar-refractivity contribution in [3.05, 3.63) is 22.2 Å². The van der Waals surface area contributed by atoms with Gasteiger partial charge in [0, 0.05) is 16.6 Å². The molecular weight excluding hydrogens is 324 g/mol. The summed E-state index contributed by atoms with van der Waals surface area (Å²) in [6, 6.07) is 1.37. The number of carbonyl (C=O) groups is 2. The first kappa shape index (κ1) is 15.8. The Balaban J connectivity index is 2.26. The standard InChI is InChI=1S/C15H15F2N3O2S/c1-6(2)3-7-4-8(13(16)17)10-11-12(23-15(10)19-7)14(22)18-5-9(21)20-11/h4,6,13H,3,5H2,1-2H3,(H,18,22)(H,20,21). The molecule has 23 heavy (non-hydrogen) atoms. The average Bonchev–Trinajstić information content (AvgIpc) is 2.75. The van der Waals surface area contributed by atoms with Gasteiger partial charge in [0.15, 0.2) is 0 Å². The Bertz CT molecular complexity index is 802. The van der Waals surface area contributed by atoms with Gasteiger partial charge in [0.25, 0.3) is 12.3 Å². The van der Waals surface area contributed by atoms with Crippen LogP contribution in [-0.4, -0.2) is 23.3 Å². The van der Waals surface area contributed by atoms with Crippen LogP contribution in [0.15, 0.2) is 6.07 Å². The SMILES string of the molecule is CC(C)Cc1cc(C(F)F)c2c3c(sc2n1)C(=O)NCC(=O)N3. The second kappa shape index (κ2) is 5.84. The van der Waals surface area contributed by atoms with E-state index < -0.39 is 18.2 Å². The molecule has 2 amide bonds. The number of amides is 2. The molecule has 2 aromatic rings. The minimum atomic E-state index is -2.71. The number of hydrogen-bond acceptors (Lipinski definition) is 4. The highest BCUT2D eigenvalue weighted by molar-refractivity contribution is 7.21. The second-order valence-corrected chi connectivity index (χ2v) is 6.82. The van der Waals surface area contributed by atoms with Crippen molar-refractivity contribution >= 4 is 39.1 Å². The number of fused-ring (bicyclic) bond motifs is 3. The highest BCUT2D eigenvalue weighted by atomic mass is 32.1. The number of anilines is 1. The molecule has 0 aromatic carbocycles. The molecule has 5 nitrogen and oxygen atoms in total. The Morgan fingerprint density at radius 1 is 1.35 bits per heavy atom. The fourth-order valence-electron chi connectivity index (χ4n) is 2.58. The number of hydrogen-bond donors (Lipinski definition) is 2. The number of nitrogens with one attached hydrogen (secondary N) is 2. The van der Waals surface area contributed by atoms with Crippen molar-refractivity contribution in [2.75, 3.05) is 11.9 Å². The summed E-state index contributed by atoms with van der Waals surface area (Å²) in [6.07, 6.45) is -2.15. The fourth-order valence-corrected chi connectivity index (χ4v) is 3.68. The fraction of sp³-hybridized carbons (Fsp3) is 0.400. The van der Waals surface area contributed by atoms with E-state index in [1.807, 2.05) is 13.8 Å². The van der Waals surface area contributed by atoms with E-state index in [1.165, 1.54) is 6.07 Å². The Morgan fingerprint density at radius 3 is 2.74 bits per heavy atom. The van der Waals surface area contributed by atoms with Crippen molar-refractivity contribution in [3.63, 3.8) is 0 Å². The van der Waals surface area contributed by atoms with Crippen LogP contribution in [-0.2, 0) is 11.2 Å². The van der Waals surface area contributed by atoms with Gasteiger partial charge in [0.05, 0.1) is 12.2 Å². The molecule has 0 spiro atoms. The van der Waals surface area contributed by atoms with Crippen LogP contribution >= 0.6 is 11.3 Å². The summed E-state index contributed by atoms with van der Waals surface area (Å²) in [7, 11) is 0. The van der Waals surface area contributed by atoms with Gasteiger partial charge in [-0.1, -0.05) is 13.8 Å². The van der Waals surface area contributed by atoms with E-state index in [9.17, 15) is 18.4 Å². The van der Waals surface area contributed by atoms with Crippen LogP contribution in [0.2, 0.25) is 0 Å². The number of thiophene rings is 1. The molecule has 0 bridgehead atoms. The highest BCUT2D eigenvalue weighted by Gasteiger charge is 2.28. The Morgan fingerprint density at radius 2 is 2.09 bits per heavy atom. The Hall–Kier alpha value is -2.09. The molecule has 2 aromatic heterocycles. The van der Waals surface area contributed by atoms with Crippen molar-refractivity contribution in [1.82, 2.24) is 10.3 Å². The lowest BCUT2D eigenvalue weighted by Crippen LogP contribution is -2.28. The van der Waals surface area contributed by atoms with Crippen LogP contribution in [0.4, 0.5) is 14.5 Å². The van der Waals surface area contributed by atoms with E-state index in [4.69, 9.17) is 0 Å². The quantitative estimate of drug-likeness (QED) is 0.902. The lowest BCUT2D eigenvalue weighted by atomic mass is 10.0. The maximum Gasteiger partial charge on any atom is 0.264 e. The number of pyridine rings is 1. The summed E-state index contributed by atoms with van der Waals surface area (Å²) >= 11 is 1.02. The van der Waals surface area contributed by atoms with Crippen molar-refractivity contribution in [3.8, 4) is 0 Å². The van der Waals surface area contributed by atoms with Crippen LogP contribution in [0.25, 0.3) is 10.2 Å². The molecule has 1 aliphatic heterocycles. The highest BCUT2D eigenvalue weighted by Crippen LogP contribution is 2.41. The average molecular weight is 339 g/mol. The predicted molar refractivity (Wildman–Crippen MR) is 84.1 cm³/mol. The Kier molecular flexibility index (Phi) is 4.01. The number of nitrogens with zero attached hydrogens (tertiary/aromatic N) is 1. The van der Waals surface area contributed by atoms with Crippen molar-refractivity contribution < 1.29 is 18.4 Å². The van der Waals surface area contributed by atoms with E-state index >= 15 is 0 Å². The zero-order valence-electron chi connectivity index (χ0n) is 12.6. The molecular formula is C15H15F2N3O2S. The summed E-state index contributed by atoms with van der Waals surface area (Å²) in [5, 5.41) is 5.16. The van der Waals surface area contributed by atoms with E-state index in [-0.39, 0.29) is 34.0 Å². The van der Waals surface area contributed by atoms with E-state index in [1.54, 1.807) is 0 Å². The van der Waals surface area contributed by atoms with Gasteiger partial charge in [-0.25, -0.2) is 13.8 Å². The Labute approximate surface area is 135 Å². The van der Waals surface area contributed by atoms with Gasteiger partial charge < -0.3 is 10.6 Å². The second-order valence-electron chi connectivity index (χ2n) is 5.82. The predicted octanol–water partition coefficient (Wildman–Crippen LogP) is 3.11. The summed E-state index contributed by atoms with van der Waals surface area (Å²) in [5.41, 5.74) is 0.507. The van der Waals surface area contributed by atoms with Gasteiger partial charge in [0.2, 0.25) is 5.91 Å². The summed E-state index contributed by atoms with van der Waals surface area (Å²) < 4.78 is 27.0. The van der Waals surface area contributed by atoms with Crippen LogP contribution in [0.3, 0.4) is 0 Å². The van der Waals surface area contributed by atoms with Gasteiger partial charge in [-0.2, -0.15) is 0 Å². The topological polar surface area (TPSA) is 71.1 Å². The third kappa shape index (κ3) is 2.90. The van der Waals surface area contributed by atoms with Crippen LogP contribution < -0.4 is 10.6 Å². The monoisotopic (exact) mass is 339 g/mol. The third-order valence-electron chi connectivity index (χ3n) is 3.48. The first-order chi connectivity index (χ1) is 10.9. The lowest BCUT2D eigenvalue weighted by Gasteiger charge is -2.10. The van der Waals surface area contributed by atoms with Crippen LogP contribution in [0, 0.1) is 5.92 Å². The van der Waals surface area contributed by atoms with Crippen molar-refractivity contribution in [1.29, 1.82) is 0 Å². The summed E-state index contributed by atoms with van der Waals surface area (Å²) in [6.45, 7) is 3.78. The molecule has 0 unspecified atom stereocenters. The molecule has 0 saturated heterocycles. The first-order valence-electron chi connectivity index (χ1n) is 7.19. The summed E-state index contributed by atoms with van der Waals surface area (Å²) in [5.74, 6) is -0.624. The molecule has 1 aliphatic rings. The van der Waals surface area contributed by atoms with Crippen molar-refractivity contribution in [2.45, 2.75) is 26.7 Å². The molecule has 3 heterocycles. The largest absolute Gasteiger partial charge is 0.342 e. The minimum absolute atomic E-state index is 0.142. The zero-order chi connectivity index (χ0) is 16.7. The first-order valence-corrected chi connectivity index (χ1v) is 8.01. The number of rotatable bonds is 3. The number of carbonyl (C=O) groups excluding carboxylic acids is 2. The summed E-state index contributed by atoms with van der Waals surface area (Å²) in [4.78, 5) is 28.7. The minimum Gasteiger partial charge on any atom is -0.342 e. The molecule has 0 aliphatic carbocycles. The molecule has 8 heteroatoms. The molecule has 2 N–H and O–H groups in total. The number of aromatic nitrogens is 1. The van der Waals surface area contributed by atoms with Gasteiger partial charge in [-0.05, 0) is 18.4 Å². The number of alkyl halides is 2. The molecule has 0 saturated carbocycles. The van der Waals surface area contributed by atoms with E-state index in [0.717, 1.165) is 11.3 Å². The molecule has 0 atom stereocenters. The van der Waals surface area contributed by atoms with Crippen molar-refractivity contribution in [2.24, 2.45) is 5.92 Å². The molecule has 0 fully saturated rings. The van der Waals surface area contributed by atoms with Gasteiger partial charge >= 0.3 is 0 Å². The molecule has 0 radical (unpaired) electrons. The smallest absolute Gasteiger partial charge is 0.264 e. The molecule has 122 valence electrons. The molecule has 3 rings (SSSR count). The maximum atomic E-state index is 13.5. The van der Waals surface area contributed by atoms with Crippen LogP contribution in [0.5, 0.6) is 0 Å². The maximum absolute atomic E-state index is 13.5. The van der Waals surface area contributed by atoms with Gasteiger partial charge in [-0.15, -0.1) is 11.3 Å².